The normalized spacial score (nSPS) is 24.7. The molecule has 7 nitrogen and oxygen atoms in total. The maximum Gasteiger partial charge on any atom is 0.250 e. The van der Waals surface area contributed by atoms with Crippen LogP contribution in [0.1, 0.15) is 66.2 Å². The Morgan fingerprint density at radius 1 is 1.31 bits per heavy atom. The second kappa shape index (κ2) is 8.51. The van der Waals surface area contributed by atoms with Crippen molar-refractivity contribution in [1.82, 2.24) is 15.1 Å². The zero-order valence-corrected chi connectivity index (χ0v) is 17.9. The van der Waals surface area contributed by atoms with E-state index in [1.165, 1.54) is 0 Å². The maximum absolute atomic E-state index is 13.9. The first-order valence-corrected chi connectivity index (χ1v) is 10.6. The average Bonchev–Trinajstić information content (AvgIpc) is 2.65. The largest absolute Gasteiger partial charge is 0.352 e. The molecule has 0 aromatic rings. The summed E-state index contributed by atoms with van der Waals surface area (Å²) in [5, 5.41) is 2.90. The Labute approximate surface area is 172 Å². The number of nitrogens with zero attached hydrogens (tertiary/aromatic N) is 3. The van der Waals surface area contributed by atoms with Crippen LogP contribution in [-0.2, 0) is 14.4 Å². The molecule has 29 heavy (non-hydrogen) atoms. The molecule has 0 bridgehead atoms. The number of rotatable bonds is 5. The van der Waals surface area contributed by atoms with E-state index in [9.17, 15) is 14.4 Å². The molecule has 2 heterocycles. The van der Waals surface area contributed by atoms with E-state index in [-0.39, 0.29) is 42.8 Å². The fourth-order valence-corrected chi connectivity index (χ4v) is 4.64. The molecule has 1 fully saturated rings. The summed E-state index contributed by atoms with van der Waals surface area (Å²) >= 11 is 0. The van der Waals surface area contributed by atoms with E-state index in [4.69, 9.17) is 0 Å². The molecule has 1 aliphatic carbocycles. The highest BCUT2D eigenvalue weighted by Crippen LogP contribution is 2.35. The monoisotopic (exact) mass is 400 g/mol. The molecule has 3 aliphatic rings. The van der Waals surface area contributed by atoms with E-state index in [0.29, 0.717) is 5.84 Å². The van der Waals surface area contributed by atoms with Crippen molar-refractivity contribution < 1.29 is 14.4 Å². The van der Waals surface area contributed by atoms with Gasteiger partial charge in [0.15, 0.2) is 0 Å². The molecule has 7 heteroatoms. The third-order valence-electron chi connectivity index (χ3n) is 5.89. The first-order chi connectivity index (χ1) is 13.7. The van der Waals surface area contributed by atoms with Crippen molar-refractivity contribution in [3.05, 3.63) is 23.9 Å². The van der Waals surface area contributed by atoms with Crippen molar-refractivity contribution in [3.63, 3.8) is 0 Å². The van der Waals surface area contributed by atoms with Gasteiger partial charge in [-0.15, -0.1) is 0 Å². The van der Waals surface area contributed by atoms with Gasteiger partial charge in [-0.25, -0.2) is 0 Å². The highest BCUT2D eigenvalue weighted by Gasteiger charge is 2.49. The number of hydrogen-bond acceptors (Lipinski definition) is 4. The van der Waals surface area contributed by atoms with Crippen LogP contribution in [0.4, 0.5) is 0 Å². The third kappa shape index (κ3) is 4.43. The number of amides is 3. The average molecular weight is 401 g/mol. The van der Waals surface area contributed by atoms with Crippen molar-refractivity contribution in [2.45, 2.75) is 83.8 Å². The molecular formula is C22H32N4O3. The number of amidine groups is 1. The molecule has 0 aromatic carbocycles. The van der Waals surface area contributed by atoms with E-state index in [1.807, 2.05) is 37.8 Å². The second-order valence-corrected chi connectivity index (χ2v) is 8.76. The lowest BCUT2D eigenvalue weighted by molar-refractivity contribution is -0.149. The minimum atomic E-state index is -1.09. The minimum Gasteiger partial charge on any atom is -0.352 e. The maximum atomic E-state index is 13.9. The van der Waals surface area contributed by atoms with Crippen LogP contribution in [0.2, 0.25) is 0 Å². The molecule has 1 N–H and O–H groups in total. The van der Waals surface area contributed by atoms with Gasteiger partial charge in [0.2, 0.25) is 11.8 Å². The van der Waals surface area contributed by atoms with Gasteiger partial charge in [-0.2, -0.15) is 4.99 Å². The first-order valence-electron chi connectivity index (χ1n) is 10.6. The topological polar surface area (TPSA) is 82.1 Å². The molecule has 1 saturated carbocycles. The van der Waals surface area contributed by atoms with Crippen molar-refractivity contribution in [2.75, 3.05) is 6.54 Å². The number of nitrogens with one attached hydrogen (secondary N) is 1. The molecule has 0 aromatic heterocycles. The zero-order valence-electron chi connectivity index (χ0n) is 17.9. The lowest BCUT2D eigenvalue weighted by Crippen LogP contribution is -2.64. The molecular weight excluding hydrogens is 368 g/mol. The fraction of sp³-hybridized carbons (Fsp3) is 0.636. The Morgan fingerprint density at radius 2 is 2.00 bits per heavy atom. The second-order valence-electron chi connectivity index (χ2n) is 8.76. The van der Waals surface area contributed by atoms with Gasteiger partial charge in [-0.1, -0.05) is 25.3 Å². The number of carbonyl (C=O) groups excluding carboxylic acids is 3. The van der Waals surface area contributed by atoms with Crippen molar-refractivity contribution >= 4 is 23.6 Å². The van der Waals surface area contributed by atoms with Gasteiger partial charge in [0.25, 0.3) is 5.91 Å². The number of allylic oxidation sites excluding steroid dienone is 3. The molecule has 158 valence electrons. The van der Waals surface area contributed by atoms with Gasteiger partial charge in [0.05, 0.1) is 13.0 Å². The summed E-state index contributed by atoms with van der Waals surface area (Å²) in [7, 11) is 0. The summed E-state index contributed by atoms with van der Waals surface area (Å²) in [5.74, 6) is -0.148. The number of aliphatic imine (C=N–C) groups is 1. The Bertz CT molecular complexity index is 777. The molecule has 2 aliphatic heterocycles. The van der Waals surface area contributed by atoms with E-state index < -0.39 is 5.54 Å². The van der Waals surface area contributed by atoms with Gasteiger partial charge in [0, 0.05) is 17.8 Å². The Balaban J connectivity index is 1.93. The van der Waals surface area contributed by atoms with Crippen molar-refractivity contribution in [1.29, 1.82) is 0 Å². The summed E-state index contributed by atoms with van der Waals surface area (Å²) in [5.41, 5.74) is -0.223. The predicted molar refractivity (Wildman–Crippen MR) is 112 cm³/mol. The van der Waals surface area contributed by atoms with Crippen molar-refractivity contribution in [2.24, 2.45) is 4.99 Å². The summed E-state index contributed by atoms with van der Waals surface area (Å²) in [6.45, 7) is 7.54. The molecule has 0 saturated heterocycles. The summed E-state index contributed by atoms with van der Waals surface area (Å²) < 4.78 is 0. The number of carbonyl (C=O) groups is 3. The third-order valence-corrected chi connectivity index (χ3v) is 5.89. The Kier molecular flexibility index (Phi) is 6.24. The first kappa shape index (κ1) is 21.3. The smallest absolute Gasteiger partial charge is 0.250 e. The van der Waals surface area contributed by atoms with Gasteiger partial charge < -0.3 is 15.1 Å². The van der Waals surface area contributed by atoms with Crippen LogP contribution in [-0.4, -0.2) is 57.5 Å². The molecule has 3 amide bonds. The lowest BCUT2D eigenvalue weighted by atomic mass is 9.87. The lowest BCUT2D eigenvalue weighted by Gasteiger charge is -2.48. The highest BCUT2D eigenvalue weighted by molar-refractivity contribution is 6.10. The van der Waals surface area contributed by atoms with Crippen LogP contribution < -0.4 is 5.32 Å². The van der Waals surface area contributed by atoms with E-state index in [2.05, 4.69) is 10.3 Å². The van der Waals surface area contributed by atoms with E-state index in [1.54, 1.807) is 17.9 Å². The van der Waals surface area contributed by atoms with Crippen LogP contribution in [0.5, 0.6) is 0 Å². The van der Waals surface area contributed by atoms with Crippen LogP contribution in [0.3, 0.4) is 0 Å². The van der Waals surface area contributed by atoms with E-state index in [0.717, 1.165) is 37.8 Å². The predicted octanol–water partition coefficient (Wildman–Crippen LogP) is 2.54. The van der Waals surface area contributed by atoms with Crippen molar-refractivity contribution in [3.8, 4) is 0 Å². The van der Waals surface area contributed by atoms with Crippen LogP contribution >= 0.6 is 0 Å². The molecule has 1 unspecified atom stereocenters. The Morgan fingerprint density at radius 3 is 2.66 bits per heavy atom. The SMILES string of the molecule is CC1=CC=CC2=NC(=O)CC(C)(C(=O)N(CC(=O)NC(C)C)C3CCCCC3)N12. The Hall–Kier alpha value is -2.44. The van der Waals surface area contributed by atoms with Crippen LogP contribution in [0, 0.1) is 0 Å². The molecule has 1 atom stereocenters. The zero-order chi connectivity index (χ0) is 21.2. The fourth-order valence-electron chi connectivity index (χ4n) is 4.64. The standard InChI is InChI=1S/C22H32N4O3/c1-15(2)23-20(28)14-25(17-10-6-5-7-11-17)21(29)22(4)13-19(27)24-18-12-8-9-16(3)26(18)22/h8-9,12,15,17H,5-7,10-11,13-14H2,1-4H3,(H,23,28). The van der Waals surface area contributed by atoms with Gasteiger partial charge in [-0.05, 0) is 52.7 Å². The van der Waals surface area contributed by atoms with Gasteiger partial charge in [-0.3, -0.25) is 14.4 Å². The highest BCUT2D eigenvalue weighted by atomic mass is 16.2. The molecule has 3 rings (SSSR count). The summed E-state index contributed by atoms with van der Waals surface area (Å²) in [6, 6.07) is 0.0295. The summed E-state index contributed by atoms with van der Waals surface area (Å²) in [6.07, 6.45) is 10.5. The van der Waals surface area contributed by atoms with Crippen LogP contribution in [0.15, 0.2) is 28.9 Å². The summed E-state index contributed by atoms with van der Waals surface area (Å²) in [4.78, 5) is 46.6. The molecule has 0 spiro atoms. The van der Waals surface area contributed by atoms with E-state index >= 15 is 0 Å². The molecule has 0 radical (unpaired) electrons. The minimum absolute atomic E-state index is 0.00335. The van der Waals surface area contributed by atoms with Gasteiger partial charge >= 0.3 is 0 Å². The quantitative estimate of drug-likeness (QED) is 0.769. The number of fused-ring (bicyclic) bond motifs is 1. The van der Waals surface area contributed by atoms with Crippen LogP contribution in [0.25, 0.3) is 0 Å². The number of hydrogen-bond donors (Lipinski definition) is 1. The van der Waals surface area contributed by atoms with Gasteiger partial charge in [0.1, 0.15) is 11.4 Å².